The summed E-state index contributed by atoms with van der Waals surface area (Å²) < 4.78 is 13.5. The van der Waals surface area contributed by atoms with E-state index in [-0.39, 0.29) is 5.69 Å². The van der Waals surface area contributed by atoms with Gasteiger partial charge >= 0.3 is 5.97 Å². The molecule has 13 heavy (non-hydrogen) atoms. The summed E-state index contributed by atoms with van der Waals surface area (Å²) in [5.41, 5.74) is 0.00519. The normalized spacial score (nSPS) is 10.6. The van der Waals surface area contributed by atoms with Crippen molar-refractivity contribution in [2.24, 2.45) is 0 Å². The Bertz CT molecular complexity index is 365. The molecule has 1 heterocycles. The lowest BCUT2D eigenvalue weighted by molar-refractivity contribution is -0.131. The van der Waals surface area contributed by atoms with E-state index in [2.05, 4.69) is 20.9 Å². The van der Waals surface area contributed by atoms with Gasteiger partial charge in [0.25, 0.3) is 0 Å². The van der Waals surface area contributed by atoms with E-state index in [9.17, 15) is 9.18 Å². The van der Waals surface area contributed by atoms with Gasteiger partial charge in [0.2, 0.25) is 0 Å². The van der Waals surface area contributed by atoms with Crippen LogP contribution in [0.5, 0.6) is 0 Å². The third-order valence-electron chi connectivity index (χ3n) is 1.22. The summed E-state index contributed by atoms with van der Waals surface area (Å²) in [6.07, 6.45) is 3.33. The molecule has 0 aliphatic heterocycles. The molecule has 1 aromatic heterocycles. The number of carboxylic acids is 1. The smallest absolute Gasteiger partial charge is 0.328 e. The summed E-state index contributed by atoms with van der Waals surface area (Å²) >= 11 is 3.03. The first-order valence-corrected chi connectivity index (χ1v) is 4.11. The zero-order valence-corrected chi connectivity index (χ0v) is 7.95. The Balaban J connectivity index is 2.96. The molecular weight excluding hydrogens is 241 g/mol. The van der Waals surface area contributed by atoms with Crippen LogP contribution in [0.4, 0.5) is 4.39 Å². The summed E-state index contributed by atoms with van der Waals surface area (Å²) in [6, 6.07) is 1.22. The predicted octanol–water partition coefficient (Wildman–Crippen LogP) is 2.08. The molecule has 0 amide bonds. The minimum absolute atomic E-state index is 0.00519. The number of halogens is 2. The predicted molar refractivity (Wildman–Crippen MR) is 48.6 cm³/mol. The molecule has 0 radical (unpaired) electrons. The topological polar surface area (TPSA) is 50.2 Å². The Kier molecular flexibility index (Phi) is 3.13. The SMILES string of the molecule is O=C(O)/C=C/c1ncc(Br)cc1F. The van der Waals surface area contributed by atoms with Gasteiger partial charge in [-0.05, 0) is 28.1 Å². The Labute approximate surface area is 82.0 Å². The largest absolute Gasteiger partial charge is 0.478 e. The van der Waals surface area contributed by atoms with E-state index in [1.165, 1.54) is 12.3 Å². The second-order valence-corrected chi connectivity index (χ2v) is 3.11. The molecule has 0 aliphatic carbocycles. The number of aliphatic carboxylic acids is 1. The fourth-order valence-corrected chi connectivity index (χ4v) is 1.00. The maximum atomic E-state index is 13.0. The highest BCUT2D eigenvalue weighted by molar-refractivity contribution is 9.10. The quantitative estimate of drug-likeness (QED) is 0.812. The molecule has 0 saturated heterocycles. The lowest BCUT2D eigenvalue weighted by Crippen LogP contribution is -1.90. The first-order valence-electron chi connectivity index (χ1n) is 3.31. The van der Waals surface area contributed by atoms with E-state index < -0.39 is 11.8 Å². The molecule has 0 spiro atoms. The summed E-state index contributed by atoms with van der Waals surface area (Å²) in [6.45, 7) is 0. The second-order valence-electron chi connectivity index (χ2n) is 2.19. The molecule has 1 aromatic rings. The van der Waals surface area contributed by atoms with E-state index in [0.29, 0.717) is 4.47 Å². The molecule has 0 unspecified atom stereocenters. The molecule has 1 N–H and O–H groups in total. The average Bonchev–Trinajstić information content (AvgIpc) is 2.02. The maximum Gasteiger partial charge on any atom is 0.328 e. The van der Waals surface area contributed by atoms with E-state index >= 15 is 0 Å². The molecule has 0 atom stereocenters. The van der Waals surface area contributed by atoms with Crippen molar-refractivity contribution < 1.29 is 14.3 Å². The van der Waals surface area contributed by atoms with Crippen LogP contribution in [0, 0.1) is 5.82 Å². The number of carbonyl (C=O) groups is 1. The number of nitrogens with zero attached hydrogens (tertiary/aromatic N) is 1. The number of pyridine rings is 1. The van der Waals surface area contributed by atoms with Gasteiger partial charge in [-0.15, -0.1) is 0 Å². The summed E-state index contributed by atoms with van der Waals surface area (Å²) in [5, 5.41) is 8.27. The van der Waals surface area contributed by atoms with Crippen LogP contribution >= 0.6 is 15.9 Å². The van der Waals surface area contributed by atoms with Gasteiger partial charge in [0.1, 0.15) is 5.82 Å². The Hall–Kier alpha value is -1.23. The van der Waals surface area contributed by atoms with E-state index in [0.717, 1.165) is 12.2 Å². The van der Waals surface area contributed by atoms with Gasteiger partial charge in [0.15, 0.2) is 0 Å². The highest BCUT2D eigenvalue weighted by Crippen LogP contribution is 2.13. The molecule has 0 fully saturated rings. The zero-order valence-electron chi connectivity index (χ0n) is 6.37. The summed E-state index contributed by atoms with van der Waals surface area (Å²) in [4.78, 5) is 13.8. The second kappa shape index (κ2) is 4.13. The monoisotopic (exact) mass is 245 g/mol. The molecule has 0 aliphatic rings. The standard InChI is InChI=1S/C8H5BrFNO2/c9-5-3-6(10)7(11-4-5)1-2-8(12)13/h1-4H,(H,12,13)/b2-1+. The van der Waals surface area contributed by atoms with Crippen molar-refractivity contribution in [3.05, 3.63) is 34.3 Å². The van der Waals surface area contributed by atoms with E-state index in [1.54, 1.807) is 0 Å². The molecule has 3 nitrogen and oxygen atoms in total. The maximum absolute atomic E-state index is 13.0. The molecule has 0 aromatic carbocycles. The molecule has 68 valence electrons. The van der Waals surface area contributed by atoms with Gasteiger partial charge in [-0.25, -0.2) is 9.18 Å². The van der Waals surface area contributed by atoms with Crippen molar-refractivity contribution in [1.82, 2.24) is 4.98 Å². The van der Waals surface area contributed by atoms with E-state index in [1.807, 2.05) is 0 Å². The van der Waals surface area contributed by atoms with Gasteiger partial charge in [0, 0.05) is 16.7 Å². The molecule has 0 bridgehead atoms. The minimum Gasteiger partial charge on any atom is -0.478 e. The van der Waals surface area contributed by atoms with Crippen molar-refractivity contribution >= 4 is 28.0 Å². The van der Waals surface area contributed by atoms with Crippen LogP contribution in [0.3, 0.4) is 0 Å². The minimum atomic E-state index is -1.14. The van der Waals surface area contributed by atoms with Crippen LogP contribution in [-0.2, 0) is 4.79 Å². The Morgan fingerprint density at radius 3 is 2.92 bits per heavy atom. The Morgan fingerprint density at radius 2 is 2.38 bits per heavy atom. The van der Waals surface area contributed by atoms with Gasteiger partial charge < -0.3 is 5.11 Å². The van der Waals surface area contributed by atoms with Crippen LogP contribution in [-0.4, -0.2) is 16.1 Å². The third-order valence-corrected chi connectivity index (χ3v) is 1.65. The van der Waals surface area contributed by atoms with Gasteiger partial charge in [-0.3, -0.25) is 4.98 Å². The third kappa shape index (κ3) is 2.95. The van der Waals surface area contributed by atoms with Crippen molar-refractivity contribution in [2.75, 3.05) is 0 Å². The van der Waals surface area contributed by atoms with Gasteiger partial charge in [-0.2, -0.15) is 0 Å². The molecule has 0 saturated carbocycles. The fraction of sp³-hybridized carbons (Fsp3) is 0. The first-order chi connectivity index (χ1) is 6.09. The highest BCUT2D eigenvalue weighted by atomic mass is 79.9. The van der Waals surface area contributed by atoms with Crippen LogP contribution in [0.15, 0.2) is 22.8 Å². The summed E-state index contributed by atoms with van der Waals surface area (Å²) in [5.74, 6) is -1.70. The first kappa shape index (κ1) is 9.85. The van der Waals surface area contributed by atoms with E-state index in [4.69, 9.17) is 5.11 Å². The highest BCUT2D eigenvalue weighted by Gasteiger charge is 2.00. The van der Waals surface area contributed by atoms with Crippen molar-refractivity contribution in [1.29, 1.82) is 0 Å². The number of aromatic nitrogens is 1. The van der Waals surface area contributed by atoms with Crippen LogP contribution in [0.2, 0.25) is 0 Å². The Morgan fingerprint density at radius 1 is 1.69 bits per heavy atom. The average molecular weight is 246 g/mol. The molecular formula is C8H5BrFNO2. The summed E-state index contributed by atoms with van der Waals surface area (Å²) in [7, 11) is 0. The molecule has 1 rings (SSSR count). The zero-order chi connectivity index (χ0) is 9.84. The fourth-order valence-electron chi connectivity index (χ4n) is 0.698. The van der Waals surface area contributed by atoms with Crippen molar-refractivity contribution in [3.8, 4) is 0 Å². The van der Waals surface area contributed by atoms with Crippen LogP contribution in [0.1, 0.15) is 5.69 Å². The number of rotatable bonds is 2. The number of carboxylic acid groups (broad SMARTS) is 1. The van der Waals surface area contributed by atoms with Gasteiger partial charge in [0.05, 0.1) is 5.69 Å². The lowest BCUT2D eigenvalue weighted by Gasteiger charge is -1.95. The van der Waals surface area contributed by atoms with Gasteiger partial charge in [-0.1, -0.05) is 0 Å². The number of hydrogen-bond acceptors (Lipinski definition) is 2. The van der Waals surface area contributed by atoms with Crippen molar-refractivity contribution in [2.45, 2.75) is 0 Å². The molecule has 5 heteroatoms. The van der Waals surface area contributed by atoms with Crippen LogP contribution in [0.25, 0.3) is 6.08 Å². The van der Waals surface area contributed by atoms with Crippen molar-refractivity contribution in [3.63, 3.8) is 0 Å². The van der Waals surface area contributed by atoms with Crippen LogP contribution < -0.4 is 0 Å². The lowest BCUT2D eigenvalue weighted by atomic mass is 10.3. The number of hydrogen-bond donors (Lipinski definition) is 1.